The second kappa shape index (κ2) is 8.55. The molecule has 0 bridgehead atoms. The lowest BCUT2D eigenvalue weighted by Gasteiger charge is -2.17. The van der Waals surface area contributed by atoms with Crippen molar-refractivity contribution in [2.24, 2.45) is 0 Å². The smallest absolute Gasteiger partial charge is 0.407 e. The van der Waals surface area contributed by atoms with E-state index in [1.165, 1.54) is 0 Å². The number of carbonyl (C=O) groups is 2. The van der Waals surface area contributed by atoms with Crippen molar-refractivity contribution >= 4 is 12.1 Å². The molecule has 0 aliphatic heterocycles. The van der Waals surface area contributed by atoms with Crippen LogP contribution in [0.15, 0.2) is 12.2 Å². The molecule has 0 spiro atoms. The first-order valence-corrected chi connectivity index (χ1v) is 6.16. The van der Waals surface area contributed by atoms with Crippen molar-refractivity contribution in [2.75, 3.05) is 6.61 Å². The standard InChI is InChI=1S/C13H23NO4/c1-6-7-10(4)14-13(16)18-11(5)8-17-12(15)9(2)3/h10-11H,2,6-8H2,1,3-5H3,(H,14,16). The van der Waals surface area contributed by atoms with Crippen LogP contribution in [0.3, 0.4) is 0 Å². The molecule has 0 aromatic rings. The van der Waals surface area contributed by atoms with Gasteiger partial charge in [-0.1, -0.05) is 19.9 Å². The summed E-state index contributed by atoms with van der Waals surface area (Å²) < 4.78 is 9.92. The Morgan fingerprint density at radius 1 is 1.33 bits per heavy atom. The van der Waals surface area contributed by atoms with Gasteiger partial charge in [0.15, 0.2) is 0 Å². The highest BCUT2D eigenvalue weighted by Crippen LogP contribution is 1.99. The first kappa shape index (κ1) is 16.5. The van der Waals surface area contributed by atoms with Gasteiger partial charge >= 0.3 is 12.1 Å². The average molecular weight is 257 g/mol. The highest BCUT2D eigenvalue weighted by atomic mass is 16.6. The highest BCUT2D eigenvalue weighted by molar-refractivity contribution is 5.86. The van der Waals surface area contributed by atoms with E-state index in [0.29, 0.717) is 5.57 Å². The third-order valence-corrected chi connectivity index (χ3v) is 2.19. The molecule has 0 saturated heterocycles. The van der Waals surface area contributed by atoms with E-state index in [0.717, 1.165) is 12.8 Å². The van der Waals surface area contributed by atoms with Gasteiger partial charge in [0.1, 0.15) is 12.7 Å². The maximum atomic E-state index is 11.4. The number of nitrogens with one attached hydrogen (secondary N) is 1. The van der Waals surface area contributed by atoms with Crippen LogP contribution in [-0.4, -0.2) is 30.8 Å². The zero-order valence-electron chi connectivity index (χ0n) is 11.6. The van der Waals surface area contributed by atoms with Crippen LogP contribution in [0.2, 0.25) is 0 Å². The van der Waals surface area contributed by atoms with E-state index in [9.17, 15) is 9.59 Å². The monoisotopic (exact) mass is 257 g/mol. The first-order valence-electron chi connectivity index (χ1n) is 6.16. The molecule has 0 aliphatic carbocycles. The molecule has 0 saturated carbocycles. The Hall–Kier alpha value is -1.52. The molecule has 104 valence electrons. The van der Waals surface area contributed by atoms with Crippen molar-refractivity contribution in [1.82, 2.24) is 5.32 Å². The lowest BCUT2D eigenvalue weighted by Crippen LogP contribution is -2.36. The summed E-state index contributed by atoms with van der Waals surface area (Å²) in [6.45, 7) is 10.7. The van der Waals surface area contributed by atoms with Gasteiger partial charge in [0.2, 0.25) is 0 Å². The number of ether oxygens (including phenoxy) is 2. The third kappa shape index (κ3) is 7.70. The van der Waals surface area contributed by atoms with Gasteiger partial charge in [-0.25, -0.2) is 9.59 Å². The Morgan fingerprint density at radius 3 is 2.44 bits per heavy atom. The molecular weight excluding hydrogens is 234 g/mol. The minimum atomic E-state index is -0.491. The lowest BCUT2D eigenvalue weighted by molar-refractivity contribution is -0.141. The summed E-state index contributed by atoms with van der Waals surface area (Å²) >= 11 is 0. The fourth-order valence-corrected chi connectivity index (χ4v) is 1.27. The van der Waals surface area contributed by atoms with Gasteiger partial charge in [0.05, 0.1) is 0 Å². The van der Waals surface area contributed by atoms with Gasteiger partial charge < -0.3 is 14.8 Å². The molecule has 0 radical (unpaired) electrons. The lowest BCUT2D eigenvalue weighted by atomic mass is 10.2. The van der Waals surface area contributed by atoms with E-state index in [-0.39, 0.29) is 12.6 Å². The molecule has 5 nitrogen and oxygen atoms in total. The van der Waals surface area contributed by atoms with E-state index in [1.807, 2.05) is 13.8 Å². The van der Waals surface area contributed by atoms with Crippen LogP contribution >= 0.6 is 0 Å². The van der Waals surface area contributed by atoms with Crippen molar-refractivity contribution in [1.29, 1.82) is 0 Å². The topological polar surface area (TPSA) is 64.6 Å². The predicted octanol–water partition coefficient (Wildman–Crippen LogP) is 2.41. The fraction of sp³-hybridized carbons (Fsp3) is 0.692. The van der Waals surface area contributed by atoms with E-state index < -0.39 is 18.2 Å². The zero-order chi connectivity index (χ0) is 14.1. The molecule has 1 amide bonds. The van der Waals surface area contributed by atoms with E-state index in [2.05, 4.69) is 11.9 Å². The van der Waals surface area contributed by atoms with Crippen LogP contribution in [0.25, 0.3) is 0 Å². The van der Waals surface area contributed by atoms with Crippen molar-refractivity contribution in [3.8, 4) is 0 Å². The van der Waals surface area contributed by atoms with Crippen molar-refractivity contribution in [3.63, 3.8) is 0 Å². The molecule has 5 heteroatoms. The molecule has 0 aromatic heterocycles. The molecule has 2 unspecified atom stereocenters. The average Bonchev–Trinajstić information content (AvgIpc) is 2.25. The summed E-state index contributed by atoms with van der Waals surface area (Å²) in [7, 11) is 0. The third-order valence-electron chi connectivity index (χ3n) is 2.19. The summed E-state index contributed by atoms with van der Waals surface area (Å²) in [6.07, 6.45) is 0.915. The second-order valence-corrected chi connectivity index (χ2v) is 4.43. The molecule has 18 heavy (non-hydrogen) atoms. The molecule has 0 heterocycles. The Morgan fingerprint density at radius 2 is 1.94 bits per heavy atom. The predicted molar refractivity (Wildman–Crippen MR) is 69.2 cm³/mol. The van der Waals surface area contributed by atoms with E-state index in [1.54, 1.807) is 13.8 Å². The molecule has 0 rings (SSSR count). The number of hydrogen-bond acceptors (Lipinski definition) is 4. The van der Waals surface area contributed by atoms with Gasteiger partial charge in [-0.2, -0.15) is 0 Å². The maximum Gasteiger partial charge on any atom is 0.407 e. The Labute approximate surface area is 109 Å². The minimum absolute atomic E-state index is 0.0290. The highest BCUT2D eigenvalue weighted by Gasteiger charge is 2.13. The van der Waals surface area contributed by atoms with E-state index in [4.69, 9.17) is 9.47 Å². The van der Waals surface area contributed by atoms with Gasteiger partial charge in [-0.15, -0.1) is 0 Å². The maximum absolute atomic E-state index is 11.4. The fourth-order valence-electron chi connectivity index (χ4n) is 1.27. The Kier molecular flexibility index (Phi) is 7.83. The van der Waals surface area contributed by atoms with Gasteiger partial charge in [0, 0.05) is 11.6 Å². The molecule has 2 atom stereocenters. The van der Waals surface area contributed by atoms with Crippen LogP contribution in [0.5, 0.6) is 0 Å². The quantitative estimate of drug-likeness (QED) is 0.562. The summed E-state index contributed by atoms with van der Waals surface area (Å²) in [5.41, 5.74) is 0.322. The second-order valence-electron chi connectivity index (χ2n) is 4.43. The Bertz CT molecular complexity index is 301. The molecular formula is C13H23NO4. The largest absolute Gasteiger partial charge is 0.458 e. The summed E-state index contributed by atoms with van der Waals surface area (Å²) in [4.78, 5) is 22.5. The van der Waals surface area contributed by atoms with Gasteiger partial charge in [-0.3, -0.25) is 0 Å². The minimum Gasteiger partial charge on any atom is -0.458 e. The molecule has 0 aromatic carbocycles. The Balaban J connectivity index is 3.87. The number of carbonyl (C=O) groups excluding carboxylic acids is 2. The zero-order valence-corrected chi connectivity index (χ0v) is 11.6. The normalized spacial score (nSPS) is 13.3. The number of alkyl carbamates (subject to hydrolysis) is 1. The summed E-state index contributed by atoms with van der Waals surface area (Å²) in [5, 5.41) is 2.70. The van der Waals surface area contributed by atoms with Crippen molar-refractivity contribution in [2.45, 2.75) is 52.7 Å². The molecule has 0 aliphatic rings. The van der Waals surface area contributed by atoms with E-state index >= 15 is 0 Å². The van der Waals surface area contributed by atoms with Crippen LogP contribution < -0.4 is 5.32 Å². The number of hydrogen-bond donors (Lipinski definition) is 1. The van der Waals surface area contributed by atoms with Crippen molar-refractivity contribution in [3.05, 3.63) is 12.2 Å². The van der Waals surface area contributed by atoms with Crippen molar-refractivity contribution < 1.29 is 19.1 Å². The first-order chi connectivity index (χ1) is 8.36. The number of esters is 1. The summed E-state index contributed by atoms with van der Waals surface area (Å²) in [5.74, 6) is -0.481. The van der Waals surface area contributed by atoms with Crippen LogP contribution in [0.4, 0.5) is 4.79 Å². The van der Waals surface area contributed by atoms with Gasteiger partial charge in [0.25, 0.3) is 0 Å². The van der Waals surface area contributed by atoms with Gasteiger partial charge in [-0.05, 0) is 27.2 Å². The number of rotatable bonds is 7. The molecule has 0 fully saturated rings. The van der Waals surface area contributed by atoms with Crippen LogP contribution in [-0.2, 0) is 14.3 Å². The molecule has 1 N–H and O–H groups in total. The van der Waals surface area contributed by atoms with Crippen LogP contribution in [0.1, 0.15) is 40.5 Å². The van der Waals surface area contributed by atoms with Crippen LogP contribution in [0, 0.1) is 0 Å². The number of amides is 1. The SMILES string of the molecule is C=C(C)C(=O)OCC(C)OC(=O)NC(C)CCC. The summed E-state index contributed by atoms with van der Waals surface area (Å²) in [6, 6.07) is 0.0765.